The van der Waals surface area contributed by atoms with E-state index in [1.807, 2.05) is 39.3 Å². The molecule has 0 aromatic heterocycles. The van der Waals surface area contributed by atoms with E-state index in [2.05, 4.69) is 0 Å². The Balaban J connectivity index is 4.50. The first-order valence-electron chi connectivity index (χ1n) is 4.56. The molecule has 2 N–H and O–H groups in total. The average molecular weight is 195 g/mol. The Morgan fingerprint density at radius 1 is 1.08 bits per heavy atom. The van der Waals surface area contributed by atoms with Crippen LogP contribution in [0.5, 0.6) is 0 Å². The minimum absolute atomic E-state index is 0.201. The molecular formula is C8H22NO2P. The van der Waals surface area contributed by atoms with Crippen LogP contribution in [0.1, 0.15) is 34.6 Å². The van der Waals surface area contributed by atoms with Crippen molar-refractivity contribution in [2.24, 2.45) is 0 Å². The first kappa shape index (κ1) is 12.3. The molecule has 0 aliphatic carbocycles. The van der Waals surface area contributed by atoms with E-state index in [0.29, 0.717) is 6.16 Å². The van der Waals surface area contributed by atoms with Crippen LogP contribution in [0.25, 0.3) is 0 Å². The Labute approximate surface area is 76.0 Å². The molecule has 0 heterocycles. The molecule has 4 heteroatoms. The van der Waals surface area contributed by atoms with Crippen molar-refractivity contribution in [2.45, 2.75) is 46.7 Å². The third-order valence-corrected chi connectivity index (χ3v) is 4.81. The molecule has 3 nitrogen and oxygen atoms in total. The second-order valence-corrected chi connectivity index (χ2v) is 6.49. The van der Waals surface area contributed by atoms with Gasteiger partial charge in [0.1, 0.15) is 0 Å². The molecule has 0 radical (unpaired) electrons. The quantitative estimate of drug-likeness (QED) is 0.670. The summed E-state index contributed by atoms with van der Waals surface area (Å²) in [5.41, 5.74) is 0. The number of hydrogen-bond donors (Lipinski definition) is 2. The monoisotopic (exact) mass is 195 g/mol. The van der Waals surface area contributed by atoms with E-state index >= 15 is 0 Å². The van der Waals surface area contributed by atoms with Crippen molar-refractivity contribution in [3.05, 3.63) is 0 Å². The summed E-state index contributed by atoms with van der Waals surface area (Å²) in [5, 5.41) is 0. The third-order valence-electron chi connectivity index (χ3n) is 2.00. The van der Waals surface area contributed by atoms with Crippen LogP contribution in [-0.2, 0) is 0 Å². The topological polar surface area (TPSA) is 43.7 Å². The van der Waals surface area contributed by atoms with Crippen molar-refractivity contribution >= 4 is 7.87 Å². The first-order valence-corrected chi connectivity index (χ1v) is 6.61. The van der Waals surface area contributed by atoms with Crippen molar-refractivity contribution in [3.8, 4) is 0 Å². The Bertz CT molecular complexity index is 129. The van der Waals surface area contributed by atoms with Crippen LogP contribution >= 0.6 is 7.87 Å². The zero-order valence-corrected chi connectivity index (χ0v) is 9.70. The SMILES string of the molecule is CC[PH](O)(O)N(C(C)C)C(C)C. The van der Waals surface area contributed by atoms with Gasteiger partial charge in [0, 0.05) is 0 Å². The van der Waals surface area contributed by atoms with Crippen molar-refractivity contribution in [3.63, 3.8) is 0 Å². The predicted octanol–water partition coefficient (Wildman–Crippen LogP) is 1.60. The molecule has 0 bridgehead atoms. The summed E-state index contributed by atoms with van der Waals surface area (Å²) in [7, 11) is -3.10. The Hall–Kier alpha value is 0.310. The summed E-state index contributed by atoms with van der Waals surface area (Å²) in [6.45, 7) is 9.78. The van der Waals surface area contributed by atoms with Crippen LogP contribution in [0.15, 0.2) is 0 Å². The van der Waals surface area contributed by atoms with E-state index in [-0.39, 0.29) is 12.1 Å². The van der Waals surface area contributed by atoms with E-state index in [1.165, 1.54) is 0 Å². The van der Waals surface area contributed by atoms with Gasteiger partial charge in [-0.2, -0.15) is 0 Å². The van der Waals surface area contributed by atoms with Crippen LogP contribution in [0.2, 0.25) is 0 Å². The summed E-state index contributed by atoms with van der Waals surface area (Å²) in [6.07, 6.45) is 0.462. The van der Waals surface area contributed by atoms with Crippen LogP contribution in [0.3, 0.4) is 0 Å². The van der Waals surface area contributed by atoms with Gasteiger partial charge in [0.2, 0.25) is 0 Å². The maximum atomic E-state index is 9.74. The van der Waals surface area contributed by atoms with Crippen LogP contribution < -0.4 is 0 Å². The summed E-state index contributed by atoms with van der Waals surface area (Å²) >= 11 is 0. The van der Waals surface area contributed by atoms with Gasteiger partial charge in [0.15, 0.2) is 0 Å². The molecular weight excluding hydrogens is 173 g/mol. The first-order chi connectivity index (χ1) is 5.33. The van der Waals surface area contributed by atoms with Gasteiger partial charge in [-0.25, -0.2) is 0 Å². The van der Waals surface area contributed by atoms with E-state index in [0.717, 1.165) is 0 Å². The molecule has 0 saturated heterocycles. The van der Waals surface area contributed by atoms with Gasteiger partial charge in [-0.1, -0.05) is 0 Å². The van der Waals surface area contributed by atoms with Crippen molar-refractivity contribution in [1.82, 2.24) is 4.67 Å². The van der Waals surface area contributed by atoms with Gasteiger partial charge in [-0.15, -0.1) is 0 Å². The third kappa shape index (κ3) is 2.98. The standard InChI is InChI=1S/C8H22NO2P/c1-6-12(10,11)9(7(2)3)8(4)5/h7-8,10-12H,6H2,1-5H3. The van der Waals surface area contributed by atoms with E-state index < -0.39 is 7.87 Å². The fourth-order valence-corrected chi connectivity index (χ4v) is 3.63. The molecule has 76 valence electrons. The summed E-state index contributed by atoms with van der Waals surface area (Å²) in [6, 6.07) is 0.401. The minimum atomic E-state index is -3.10. The average Bonchev–Trinajstić information content (AvgIpc) is 1.84. The summed E-state index contributed by atoms with van der Waals surface area (Å²) < 4.78 is 1.83. The van der Waals surface area contributed by atoms with Crippen LogP contribution in [-0.4, -0.2) is 32.7 Å². The molecule has 0 aromatic carbocycles. The van der Waals surface area contributed by atoms with E-state index in [9.17, 15) is 9.79 Å². The molecule has 0 atom stereocenters. The molecule has 0 aliphatic heterocycles. The van der Waals surface area contributed by atoms with Gasteiger partial charge in [-0.3, -0.25) is 0 Å². The van der Waals surface area contributed by atoms with Crippen LogP contribution in [0.4, 0.5) is 0 Å². The molecule has 0 aromatic rings. The van der Waals surface area contributed by atoms with Crippen molar-refractivity contribution < 1.29 is 9.79 Å². The van der Waals surface area contributed by atoms with Crippen molar-refractivity contribution in [2.75, 3.05) is 6.16 Å². The van der Waals surface area contributed by atoms with E-state index in [4.69, 9.17) is 0 Å². The van der Waals surface area contributed by atoms with Crippen LogP contribution in [0, 0.1) is 0 Å². The number of rotatable bonds is 4. The summed E-state index contributed by atoms with van der Waals surface area (Å²) in [4.78, 5) is 19.5. The van der Waals surface area contributed by atoms with E-state index in [1.54, 1.807) is 0 Å². The number of nitrogens with zero attached hydrogens (tertiary/aromatic N) is 1. The summed E-state index contributed by atoms with van der Waals surface area (Å²) in [5.74, 6) is 0. The van der Waals surface area contributed by atoms with Gasteiger partial charge < -0.3 is 0 Å². The molecule has 0 rings (SSSR count). The molecule has 0 amide bonds. The second kappa shape index (κ2) is 4.52. The van der Waals surface area contributed by atoms with Gasteiger partial charge in [0.25, 0.3) is 0 Å². The Morgan fingerprint density at radius 2 is 1.42 bits per heavy atom. The number of hydrogen-bond acceptors (Lipinski definition) is 3. The molecule has 0 unspecified atom stereocenters. The molecule has 0 saturated carbocycles. The fraction of sp³-hybridized carbons (Fsp3) is 1.00. The maximum absolute atomic E-state index is 9.74. The molecule has 0 aliphatic rings. The molecule has 0 fully saturated rings. The Morgan fingerprint density at radius 3 is 1.50 bits per heavy atom. The zero-order valence-electron chi connectivity index (χ0n) is 8.70. The zero-order chi connectivity index (χ0) is 9.94. The second-order valence-electron chi connectivity index (χ2n) is 3.72. The molecule has 0 spiro atoms. The van der Waals surface area contributed by atoms with Crippen molar-refractivity contribution in [1.29, 1.82) is 0 Å². The van der Waals surface area contributed by atoms with Gasteiger partial charge in [0.05, 0.1) is 0 Å². The Kier molecular flexibility index (Phi) is 4.64. The van der Waals surface area contributed by atoms with Gasteiger partial charge >= 0.3 is 75.2 Å². The fourth-order valence-electron chi connectivity index (χ4n) is 1.61. The van der Waals surface area contributed by atoms with Gasteiger partial charge in [-0.05, 0) is 0 Å². The normalized spacial score (nSPS) is 14.8. The molecule has 12 heavy (non-hydrogen) atoms. The predicted molar refractivity (Wildman–Crippen MR) is 55.4 cm³/mol.